The summed E-state index contributed by atoms with van der Waals surface area (Å²) in [7, 11) is 0. The van der Waals surface area contributed by atoms with Crippen LogP contribution in [-0.4, -0.2) is 11.2 Å². The van der Waals surface area contributed by atoms with Gasteiger partial charge in [-0.3, -0.25) is 0 Å². The van der Waals surface area contributed by atoms with Crippen LogP contribution in [0.25, 0.3) is 0 Å². The van der Waals surface area contributed by atoms with Gasteiger partial charge in [-0.25, -0.2) is 0 Å². The van der Waals surface area contributed by atoms with Crippen LogP contribution in [0.2, 0.25) is 0 Å². The van der Waals surface area contributed by atoms with Crippen LogP contribution in [0.4, 0.5) is 0 Å². The summed E-state index contributed by atoms with van der Waals surface area (Å²) in [5, 5.41) is 9.64. The highest BCUT2D eigenvalue weighted by atomic mass is 16.3. The highest BCUT2D eigenvalue weighted by molar-refractivity contribution is 4.99. The van der Waals surface area contributed by atoms with Crippen molar-refractivity contribution in [2.75, 3.05) is 0 Å². The number of rotatable bonds is 5. The lowest BCUT2D eigenvalue weighted by Gasteiger charge is -2.30. The molecule has 0 aliphatic rings. The maximum Gasteiger partial charge on any atom is 0.0571 e. The summed E-state index contributed by atoms with van der Waals surface area (Å²) in [6, 6.07) is 0. The minimum Gasteiger partial charge on any atom is -0.393 e. The van der Waals surface area contributed by atoms with Gasteiger partial charge >= 0.3 is 0 Å². The Kier molecular flexibility index (Phi) is 5.01. The van der Waals surface area contributed by atoms with Crippen molar-refractivity contribution in [2.24, 2.45) is 5.41 Å². The zero-order valence-electron chi connectivity index (χ0n) is 9.30. The van der Waals surface area contributed by atoms with Crippen LogP contribution in [-0.2, 0) is 0 Å². The van der Waals surface area contributed by atoms with Gasteiger partial charge in [0.05, 0.1) is 6.10 Å². The average molecular weight is 182 g/mol. The molecule has 0 aliphatic heterocycles. The monoisotopic (exact) mass is 182 g/mol. The van der Waals surface area contributed by atoms with Crippen LogP contribution in [0.1, 0.15) is 40.5 Å². The molecule has 0 aromatic heterocycles. The average Bonchev–Trinajstić information content (AvgIpc) is 2.01. The normalized spacial score (nSPS) is 17.3. The van der Waals surface area contributed by atoms with E-state index in [1.807, 2.05) is 13.0 Å². The maximum absolute atomic E-state index is 9.64. The number of aliphatic hydroxyl groups excluding tert-OH is 1. The summed E-state index contributed by atoms with van der Waals surface area (Å²) < 4.78 is 0. The fourth-order valence-corrected chi connectivity index (χ4v) is 1.19. The van der Waals surface area contributed by atoms with Crippen molar-refractivity contribution in [3.8, 4) is 0 Å². The van der Waals surface area contributed by atoms with Crippen molar-refractivity contribution in [1.82, 2.24) is 0 Å². The third-order valence-electron chi connectivity index (χ3n) is 2.60. The Hall–Kier alpha value is -0.560. The van der Waals surface area contributed by atoms with Gasteiger partial charge in [-0.15, -0.1) is 6.58 Å². The lowest BCUT2D eigenvalue weighted by atomic mass is 9.78. The smallest absolute Gasteiger partial charge is 0.0571 e. The molecule has 2 atom stereocenters. The molecule has 1 nitrogen and oxygen atoms in total. The fourth-order valence-electron chi connectivity index (χ4n) is 1.19. The molecule has 0 saturated heterocycles. The Balaban J connectivity index is 4.41. The molecule has 0 aliphatic carbocycles. The van der Waals surface area contributed by atoms with Gasteiger partial charge < -0.3 is 5.11 Å². The minimum absolute atomic E-state index is 0.0565. The van der Waals surface area contributed by atoms with Crippen LogP contribution >= 0.6 is 0 Å². The summed E-state index contributed by atoms with van der Waals surface area (Å²) in [5.41, 5.74) is 1.25. The summed E-state index contributed by atoms with van der Waals surface area (Å²) >= 11 is 0. The molecule has 0 aromatic rings. The highest BCUT2D eigenvalue weighted by Crippen LogP contribution is 2.31. The Labute approximate surface area is 82.2 Å². The second kappa shape index (κ2) is 5.23. The van der Waals surface area contributed by atoms with Gasteiger partial charge in [-0.05, 0) is 33.6 Å². The number of hydrogen-bond acceptors (Lipinski definition) is 1. The lowest BCUT2D eigenvalue weighted by Crippen LogP contribution is -2.28. The molecule has 0 rings (SSSR count). The van der Waals surface area contributed by atoms with E-state index in [1.54, 1.807) is 0 Å². The largest absolute Gasteiger partial charge is 0.393 e. The minimum atomic E-state index is -0.291. The first kappa shape index (κ1) is 12.4. The molecule has 0 aromatic carbocycles. The third-order valence-corrected chi connectivity index (χ3v) is 2.60. The second-order valence-electron chi connectivity index (χ2n) is 4.31. The first-order valence-electron chi connectivity index (χ1n) is 4.84. The highest BCUT2D eigenvalue weighted by Gasteiger charge is 2.26. The van der Waals surface area contributed by atoms with Crippen molar-refractivity contribution in [1.29, 1.82) is 0 Å². The van der Waals surface area contributed by atoms with E-state index < -0.39 is 0 Å². The van der Waals surface area contributed by atoms with Gasteiger partial charge in [0.15, 0.2) is 0 Å². The Morgan fingerprint density at radius 3 is 2.31 bits per heavy atom. The van der Waals surface area contributed by atoms with Gasteiger partial charge in [0.2, 0.25) is 0 Å². The Morgan fingerprint density at radius 1 is 1.46 bits per heavy atom. The van der Waals surface area contributed by atoms with Crippen LogP contribution in [0.5, 0.6) is 0 Å². The summed E-state index contributed by atoms with van der Waals surface area (Å²) in [6.45, 7) is 11.8. The third kappa shape index (κ3) is 4.28. The number of allylic oxidation sites excluding steroid dienone is 3. The Morgan fingerprint density at radius 2 is 2.00 bits per heavy atom. The van der Waals surface area contributed by atoms with Crippen molar-refractivity contribution < 1.29 is 5.11 Å². The van der Waals surface area contributed by atoms with E-state index in [1.165, 1.54) is 5.57 Å². The van der Waals surface area contributed by atoms with Crippen LogP contribution in [0, 0.1) is 5.41 Å². The lowest BCUT2D eigenvalue weighted by molar-refractivity contribution is 0.0564. The van der Waals surface area contributed by atoms with E-state index in [4.69, 9.17) is 0 Å². The zero-order chi connectivity index (χ0) is 10.5. The molecule has 0 radical (unpaired) electrons. The summed E-state index contributed by atoms with van der Waals surface area (Å²) in [5.74, 6) is 0. The van der Waals surface area contributed by atoms with Gasteiger partial charge in [0.25, 0.3) is 0 Å². The molecule has 0 heterocycles. The molecular weight excluding hydrogens is 160 g/mol. The van der Waals surface area contributed by atoms with E-state index in [2.05, 4.69) is 33.4 Å². The van der Waals surface area contributed by atoms with E-state index in [-0.39, 0.29) is 11.5 Å². The molecule has 0 fully saturated rings. The van der Waals surface area contributed by atoms with Crippen molar-refractivity contribution in [3.05, 3.63) is 24.3 Å². The molecule has 0 amide bonds. The topological polar surface area (TPSA) is 20.2 Å². The standard InChI is InChI=1S/C12H22O/c1-6-8-12(5,11(4)13)9-7-10(2)3/h6-7,11,13H,1,8-9H2,2-5H3. The number of hydrogen-bond donors (Lipinski definition) is 1. The molecule has 1 N–H and O–H groups in total. The Bertz CT molecular complexity index is 187. The predicted octanol–water partition coefficient (Wildman–Crippen LogP) is 3.31. The van der Waals surface area contributed by atoms with Crippen molar-refractivity contribution >= 4 is 0 Å². The maximum atomic E-state index is 9.64. The molecule has 1 heteroatoms. The number of aliphatic hydroxyl groups is 1. The van der Waals surface area contributed by atoms with E-state index in [0.29, 0.717) is 0 Å². The molecular formula is C12H22O. The van der Waals surface area contributed by atoms with Crippen molar-refractivity contribution in [2.45, 2.75) is 46.6 Å². The van der Waals surface area contributed by atoms with Gasteiger partial charge in [-0.2, -0.15) is 0 Å². The molecule has 13 heavy (non-hydrogen) atoms. The van der Waals surface area contributed by atoms with Gasteiger partial charge in [-0.1, -0.05) is 24.6 Å². The van der Waals surface area contributed by atoms with E-state index in [9.17, 15) is 5.11 Å². The summed E-state index contributed by atoms with van der Waals surface area (Å²) in [4.78, 5) is 0. The van der Waals surface area contributed by atoms with Crippen LogP contribution < -0.4 is 0 Å². The van der Waals surface area contributed by atoms with E-state index in [0.717, 1.165) is 12.8 Å². The zero-order valence-corrected chi connectivity index (χ0v) is 9.30. The van der Waals surface area contributed by atoms with Crippen molar-refractivity contribution in [3.63, 3.8) is 0 Å². The molecule has 2 unspecified atom stereocenters. The second-order valence-corrected chi connectivity index (χ2v) is 4.31. The van der Waals surface area contributed by atoms with Gasteiger partial charge in [0.1, 0.15) is 0 Å². The predicted molar refractivity (Wildman–Crippen MR) is 58.6 cm³/mol. The van der Waals surface area contributed by atoms with Crippen LogP contribution in [0.15, 0.2) is 24.3 Å². The summed E-state index contributed by atoms with van der Waals surface area (Å²) in [6.07, 6.45) is 5.54. The molecule has 0 spiro atoms. The quantitative estimate of drug-likeness (QED) is 0.647. The molecule has 0 bridgehead atoms. The SMILES string of the molecule is C=CCC(C)(CC=C(C)C)C(C)O. The molecule has 76 valence electrons. The van der Waals surface area contributed by atoms with Gasteiger partial charge in [0, 0.05) is 5.41 Å². The van der Waals surface area contributed by atoms with E-state index >= 15 is 0 Å². The first-order valence-corrected chi connectivity index (χ1v) is 4.84. The molecule has 0 saturated carbocycles. The fraction of sp³-hybridized carbons (Fsp3) is 0.667. The first-order chi connectivity index (χ1) is 5.92. The van der Waals surface area contributed by atoms with Crippen LogP contribution in [0.3, 0.4) is 0 Å².